The molecular formula is C12H12Br2N4O. The first kappa shape index (κ1) is 14.2. The number of hydrogen-bond acceptors (Lipinski definition) is 4. The second-order valence-corrected chi connectivity index (χ2v) is 5.63. The van der Waals surface area contributed by atoms with Crippen molar-refractivity contribution >= 4 is 37.7 Å². The Balaban J connectivity index is 2.24. The summed E-state index contributed by atoms with van der Waals surface area (Å²) in [6.45, 7) is 3.18. The maximum absolute atomic E-state index is 11.9. The van der Waals surface area contributed by atoms with Crippen LogP contribution in [0.4, 0.5) is 5.82 Å². The molecule has 2 aromatic heterocycles. The Bertz CT molecular complexity index is 625. The lowest BCUT2D eigenvalue weighted by atomic mass is 10.4. The molecule has 100 valence electrons. The first-order valence-electron chi connectivity index (χ1n) is 5.70. The summed E-state index contributed by atoms with van der Waals surface area (Å²) >= 11 is 6.59. The van der Waals surface area contributed by atoms with Crippen molar-refractivity contribution in [3.63, 3.8) is 0 Å². The number of nitrogens with zero attached hydrogens (tertiary/aromatic N) is 3. The Kier molecular flexibility index (Phi) is 4.71. The molecule has 0 unspecified atom stereocenters. The van der Waals surface area contributed by atoms with Crippen LogP contribution in [-0.2, 0) is 6.54 Å². The molecule has 0 bridgehead atoms. The second-order valence-electron chi connectivity index (χ2n) is 3.86. The van der Waals surface area contributed by atoms with Gasteiger partial charge >= 0.3 is 0 Å². The van der Waals surface area contributed by atoms with Gasteiger partial charge in [0.25, 0.3) is 5.56 Å². The standard InChI is InChI=1S/C12H12Br2N4O/c1-2-15-11-5-16-9(4-17-11)7-18-6-8(13)3-10(14)12(18)19/h3-6H,2,7H2,1H3,(H,15,17). The van der Waals surface area contributed by atoms with Crippen LogP contribution in [-0.4, -0.2) is 21.1 Å². The lowest BCUT2D eigenvalue weighted by molar-refractivity contribution is 0.728. The van der Waals surface area contributed by atoms with Crippen molar-refractivity contribution in [1.82, 2.24) is 14.5 Å². The summed E-state index contributed by atoms with van der Waals surface area (Å²) < 4.78 is 2.92. The van der Waals surface area contributed by atoms with E-state index in [2.05, 4.69) is 47.1 Å². The molecule has 1 N–H and O–H groups in total. The topological polar surface area (TPSA) is 59.8 Å². The van der Waals surface area contributed by atoms with E-state index in [1.165, 1.54) is 0 Å². The third-order valence-electron chi connectivity index (χ3n) is 2.40. The van der Waals surface area contributed by atoms with E-state index in [-0.39, 0.29) is 5.56 Å². The normalized spacial score (nSPS) is 10.5. The number of aromatic nitrogens is 3. The lowest BCUT2D eigenvalue weighted by Gasteiger charge is -2.07. The van der Waals surface area contributed by atoms with Crippen molar-refractivity contribution in [3.05, 3.63) is 49.7 Å². The maximum atomic E-state index is 11.9. The molecular weight excluding hydrogens is 376 g/mol. The van der Waals surface area contributed by atoms with Gasteiger partial charge in [0.1, 0.15) is 5.82 Å². The van der Waals surface area contributed by atoms with E-state index in [9.17, 15) is 4.79 Å². The van der Waals surface area contributed by atoms with Crippen LogP contribution < -0.4 is 10.9 Å². The van der Waals surface area contributed by atoms with Crippen LogP contribution in [0.15, 0.2) is 38.4 Å². The summed E-state index contributed by atoms with van der Waals surface area (Å²) in [5.74, 6) is 0.731. The van der Waals surface area contributed by atoms with Gasteiger partial charge in [-0.15, -0.1) is 0 Å². The van der Waals surface area contributed by atoms with Crippen molar-refractivity contribution in [3.8, 4) is 0 Å². The van der Waals surface area contributed by atoms with E-state index < -0.39 is 0 Å². The van der Waals surface area contributed by atoms with Gasteiger partial charge in [-0.25, -0.2) is 4.98 Å². The Morgan fingerprint density at radius 1 is 1.32 bits per heavy atom. The van der Waals surface area contributed by atoms with Crippen LogP contribution in [0, 0.1) is 0 Å². The van der Waals surface area contributed by atoms with Gasteiger partial charge in [0.05, 0.1) is 29.1 Å². The molecule has 2 rings (SSSR count). The summed E-state index contributed by atoms with van der Waals surface area (Å²) in [6.07, 6.45) is 5.06. The number of hydrogen-bond donors (Lipinski definition) is 1. The van der Waals surface area contributed by atoms with Crippen LogP contribution in [0.25, 0.3) is 0 Å². The molecule has 5 nitrogen and oxygen atoms in total. The summed E-state index contributed by atoms with van der Waals surface area (Å²) in [4.78, 5) is 20.4. The van der Waals surface area contributed by atoms with Crippen molar-refractivity contribution in [2.45, 2.75) is 13.5 Å². The maximum Gasteiger partial charge on any atom is 0.265 e. The zero-order valence-corrected chi connectivity index (χ0v) is 13.4. The van der Waals surface area contributed by atoms with Gasteiger partial charge in [-0.1, -0.05) is 0 Å². The van der Waals surface area contributed by atoms with Crippen LogP contribution in [0.2, 0.25) is 0 Å². The molecule has 0 atom stereocenters. The Labute approximate surface area is 127 Å². The van der Waals surface area contributed by atoms with E-state index >= 15 is 0 Å². The first-order chi connectivity index (χ1) is 9.10. The first-order valence-corrected chi connectivity index (χ1v) is 7.29. The third kappa shape index (κ3) is 3.63. The molecule has 0 saturated heterocycles. The van der Waals surface area contributed by atoms with E-state index in [4.69, 9.17) is 0 Å². The lowest BCUT2D eigenvalue weighted by Crippen LogP contribution is -2.21. The zero-order chi connectivity index (χ0) is 13.8. The van der Waals surface area contributed by atoms with Gasteiger partial charge in [0.2, 0.25) is 0 Å². The molecule has 0 spiro atoms. The number of halogens is 2. The molecule has 0 aliphatic heterocycles. The second kappa shape index (κ2) is 6.29. The van der Waals surface area contributed by atoms with Crippen LogP contribution in [0.3, 0.4) is 0 Å². The molecule has 0 aromatic carbocycles. The number of pyridine rings is 1. The average molecular weight is 388 g/mol. The minimum Gasteiger partial charge on any atom is -0.369 e. The molecule has 0 radical (unpaired) electrons. The number of nitrogens with one attached hydrogen (secondary N) is 1. The molecule has 0 saturated carbocycles. The number of rotatable bonds is 4. The fourth-order valence-corrected chi connectivity index (χ4v) is 2.82. The fraction of sp³-hybridized carbons (Fsp3) is 0.250. The average Bonchev–Trinajstić information content (AvgIpc) is 2.38. The van der Waals surface area contributed by atoms with Crippen LogP contribution in [0.5, 0.6) is 0 Å². The predicted octanol–water partition coefficient (Wildman–Crippen LogP) is 2.64. The highest BCUT2D eigenvalue weighted by atomic mass is 79.9. The van der Waals surface area contributed by atoms with Gasteiger partial charge in [0, 0.05) is 17.2 Å². The summed E-state index contributed by atoms with van der Waals surface area (Å²) in [5.41, 5.74) is 0.634. The van der Waals surface area contributed by atoms with Gasteiger partial charge in [-0.2, -0.15) is 0 Å². The van der Waals surface area contributed by atoms with Crippen molar-refractivity contribution in [2.24, 2.45) is 0 Å². The van der Waals surface area contributed by atoms with Gasteiger partial charge < -0.3 is 9.88 Å². The molecule has 0 aliphatic carbocycles. The zero-order valence-electron chi connectivity index (χ0n) is 10.2. The highest BCUT2D eigenvalue weighted by molar-refractivity contribution is 9.11. The monoisotopic (exact) mass is 386 g/mol. The quantitative estimate of drug-likeness (QED) is 0.875. The SMILES string of the molecule is CCNc1cnc(Cn2cc(Br)cc(Br)c2=O)cn1. The molecule has 19 heavy (non-hydrogen) atoms. The number of anilines is 1. The minimum absolute atomic E-state index is 0.0965. The summed E-state index contributed by atoms with van der Waals surface area (Å²) in [5, 5.41) is 3.07. The van der Waals surface area contributed by atoms with Crippen molar-refractivity contribution in [2.75, 3.05) is 11.9 Å². The van der Waals surface area contributed by atoms with Gasteiger partial charge in [-0.3, -0.25) is 9.78 Å². The summed E-state index contributed by atoms with van der Waals surface area (Å²) in [7, 11) is 0. The molecule has 7 heteroatoms. The van der Waals surface area contributed by atoms with E-state index in [0.717, 1.165) is 22.5 Å². The third-order valence-corrected chi connectivity index (χ3v) is 3.41. The Morgan fingerprint density at radius 3 is 2.74 bits per heavy atom. The Morgan fingerprint density at radius 2 is 2.11 bits per heavy atom. The molecule has 2 aromatic rings. The van der Waals surface area contributed by atoms with E-state index in [1.54, 1.807) is 29.2 Å². The van der Waals surface area contributed by atoms with Gasteiger partial charge in [-0.05, 0) is 44.8 Å². The summed E-state index contributed by atoms with van der Waals surface area (Å²) in [6, 6.07) is 1.72. The Hall–Kier alpha value is -1.21. The molecule has 0 amide bonds. The minimum atomic E-state index is -0.0965. The predicted molar refractivity (Wildman–Crippen MR) is 81.4 cm³/mol. The molecule has 0 fully saturated rings. The molecule has 0 aliphatic rings. The largest absolute Gasteiger partial charge is 0.369 e. The van der Waals surface area contributed by atoms with Gasteiger partial charge in [0.15, 0.2) is 0 Å². The fourth-order valence-electron chi connectivity index (χ4n) is 1.57. The van der Waals surface area contributed by atoms with Crippen LogP contribution in [0.1, 0.15) is 12.6 Å². The van der Waals surface area contributed by atoms with E-state index in [1.807, 2.05) is 6.92 Å². The van der Waals surface area contributed by atoms with Crippen LogP contribution >= 0.6 is 31.9 Å². The smallest absolute Gasteiger partial charge is 0.265 e. The molecule has 2 heterocycles. The highest BCUT2D eigenvalue weighted by Gasteiger charge is 2.05. The van der Waals surface area contributed by atoms with Crippen molar-refractivity contribution in [1.29, 1.82) is 0 Å². The van der Waals surface area contributed by atoms with Crippen molar-refractivity contribution < 1.29 is 0 Å². The highest BCUT2D eigenvalue weighted by Crippen LogP contribution is 2.13. The van der Waals surface area contributed by atoms with E-state index in [0.29, 0.717) is 11.0 Å².